The highest BCUT2D eigenvalue weighted by Crippen LogP contribution is 2.19. The van der Waals surface area contributed by atoms with E-state index in [0.717, 1.165) is 19.6 Å². The van der Waals surface area contributed by atoms with Gasteiger partial charge in [0.05, 0.1) is 4.92 Å². The van der Waals surface area contributed by atoms with Crippen molar-refractivity contribution in [2.24, 2.45) is 7.05 Å². The van der Waals surface area contributed by atoms with Crippen LogP contribution in [0, 0.1) is 10.1 Å². The number of nitro groups is 1. The van der Waals surface area contributed by atoms with E-state index in [2.05, 4.69) is 15.3 Å². The van der Waals surface area contributed by atoms with Gasteiger partial charge in [0.2, 0.25) is 5.69 Å². The first-order chi connectivity index (χ1) is 12.0. The fourth-order valence-electron chi connectivity index (χ4n) is 3.03. The molecule has 1 aliphatic rings. The summed E-state index contributed by atoms with van der Waals surface area (Å²) in [5.41, 5.74) is 1.28. The van der Waals surface area contributed by atoms with Crippen LogP contribution < -0.4 is 5.32 Å². The zero-order valence-electron chi connectivity index (χ0n) is 14.1. The van der Waals surface area contributed by atoms with Gasteiger partial charge >= 0.3 is 5.69 Å². The first-order valence-corrected chi connectivity index (χ1v) is 8.33. The quantitative estimate of drug-likeness (QED) is 0.665. The maximum Gasteiger partial charge on any atom is 0.320 e. The molecule has 25 heavy (non-hydrogen) atoms. The van der Waals surface area contributed by atoms with Crippen LogP contribution in [0.25, 0.3) is 0 Å². The third kappa shape index (κ3) is 4.21. The lowest BCUT2D eigenvalue weighted by Crippen LogP contribution is -2.29. The van der Waals surface area contributed by atoms with Crippen LogP contribution in [0.15, 0.2) is 30.5 Å². The molecule has 2 heterocycles. The summed E-state index contributed by atoms with van der Waals surface area (Å²) in [5.74, 6) is -0.587. The van der Waals surface area contributed by atoms with Gasteiger partial charge in [-0.2, -0.15) is 5.10 Å². The lowest BCUT2D eigenvalue weighted by atomic mass is 10.1. The summed E-state index contributed by atoms with van der Waals surface area (Å²) >= 11 is 0. The van der Waals surface area contributed by atoms with Crippen molar-refractivity contribution in [1.82, 2.24) is 14.7 Å². The maximum atomic E-state index is 12.3. The van der Waals surface area contributed by atoms with Gasteiger partial charge in [0, 0.05) is 19.3 Å². The molecule has 0 bridgehead atoms. The van der Waals surface area contributed by atoms with Crippen LogP contribution in [0.5, 0.6) is 0 Å². The minimum Gasteiger partial charge on any atom is -0.320 e. The molecule has 0 aliphatic carbocycles. The summed E-state index contributed by atoms with van der Waals surface area (Å²) < 4.78 is 1.26. The standard InChI is InChI=1S/C17H21N5O3/c1-20-12-15(22(24)25)16(19-20)17(23)18-14-7-5-13(6-8-14)11-21-9-3-2-4-10-21/h5-8,12H,2-4,9-11H2,1H3,(H,18,23). The fraction of sp³-hybridized carbons (Fsp3) is 0.412. The Morgan fingerprint density at radius 1 is 1.24 bits per heavy atom. The molecule has 1 N–H and O–H groups in total. The number of hydrogen-bond donors (Lipinski definition) is 1. The van der Waals surface area contributed by atoms with Gasteiger partial charge in [0.25, 0.3) is 5.91 Å². The van der Waals surface area contributed by atoms with Gasteiger partial charge < -0.3 is 5.32 Å². The third-order valence-electron chi connectivity index (χ3n) is 4.29. The number of carbonyl (C=O) groups is 1. The molecule has 2 aromatic rings. The lowest BCUT2D eigenvalue weighted by molar-refractivity contribution is -0.385. The van der Waals surface area contributed by atoms with E-state index in [0.29, 0.717) is 5.69 Å². The number of benzene rings is 1. The minimum atomic E-state index is -0.608. The predicted octanol–water partition coefficient (Wildman–Crippen LogP) is 2.57. The zero-order valence-corrected chi connectivity index (χ0v) is 14.1. The first kappa shape index (κ1) is 17.1. The predicted molar refractivity (Wildman–Crippen MR) is 93.4 cm³/mol. The summed E-state index contributed by atoms with van der Waals surface area (Å²) in [6, 6.07) is 7.56. The average Bonchev–Trinajstić information content (AvgIpc) is 3.00. The molecule has 1 fully saturated rings. The van der Waals surface area contributed by atoms with Gasteiger partial charge in [-0.15, -0.1) is 0 Å². The van der Waals surface area contributed by atoms with Gasteiger partial charge in [-0.05, 0) is 43.6 Å². The van der Waals surface area contributed by atoms with E-state index in [9.17, 15) is 14.9 Å². The highest BCUT2D eigenvalue weighted by atomic mass is 16.6. The second kappa shape index (κ2) is 7.43. The Morgan fingerprint density at radius 2 is 1.92 bits per heavy atom. The Balaban J connectivity index is 1.65. The largest absolute Gasteiger partial charge is 0.320 e. The molecular formula is C17H21N5O3. The van der Waals surface area contributed by atoms with E-state index in [1.54, 1.807) is 7.05 Å². The number of aryl methyl sites for hydroxylation is 1. The third-order valence-corrected chi connectivity index (χ3v) is 4.29. The Labute approximate surface area is 145 Å². The Bertz CT molecular complexity index is 763. The van der Waals surface area contributed by atoms with Gasteiger partial charge in [-0.1, -0.05) is 18.6 Å². The summed E-state index contributed by atoms with van der Waals surface area (Å²) in [7, 11) is 1.54. The normalized spacial score (nSPS) is 15.1. The number of amides is 1. The van der Waals surface area contributed by atoms with Crippen molar-refractivity contribution in [3.63, 3.8) is 0 Å². The number of rotatable bonds is 5. The molecule has 1 saturated heterocycles. The molecule has 0 saturated carbocycles. The number of hydrogen-bond acceptors (Lipinski definition) is 5. The van der Waals surface area contributed by atoms with Crippen LogP contribution in [-0.2, 0) is 13.6 Å². The molecule has 8 heteroatoms. The maximum absolute atomic E-state index is 12.3. The van der Waals surface area contributed by atoms with Gasteiger partial charge in [-0.3, -0.25) is 24.5 Å². The Morgan fingerprint density at radius 3 is 2.56 bits per heavy atom. The summed E-state index contributed by atoms with van der Waals surface area (Å²) in [6.45, 7) is 3.16. The van der Waals surface area contributed by atoms with E-state index in [4.69, 9.17) is 0 Å². The topological polar surface area (TPSA) is 93.3 Å². The fourth-order valence-corrected chi connectivity index (χ4v) is 3.03. The number of anilines is 1. The number of piperidine rings is 1. The number of likely N-dealkylation sites (tertiary alicyclic amines) is 1. The van der Waals surface area contributed by atoms with Crippen molar-refractivity contribution in [2.75, 3.05) is 18.4 Å². The second-order valence-electron chi connectivity index (χ2n) is 6.28. The molecule has 0 spiro atoms. The van der Waals surface area contributed by atoms with Crippen molar-refractivity contribution in [1.29, 1.82) is 0 Å². The van der Waals surface area contributed by atoms with Crippen LogP contribution in [0.4, 0.5) is 11.4 Å². The summed E-state index contributed by atoms with van der Waals surface area (Å²) in [4.78, 5) is 25.1. The SMILES string of the molecule is Cn1cc([N+](=O)[O-])c(C(=O)Nc2ccc(CN3CCCCC3)cc2)n1. The smallest absolute Gasteiger partial charge is 0.320 e. The van der Waals surface area contributed by atoms with Crippen molar-refractivity contribution in [3.05, 3.63) is 51.8 Å². The van der Waals surface area contributed by atoms with Gasteiger partial charge in [0.1, 0.15) is 6.20 Å². The molecule has 1 aromatic carbocycles. The van der Waals surface area contributed by atoms with Crippen molar-refractivity contribution < 1.29 is 9.72 Å². The molecule has 0 unspecified atom stereocenters. The van der Waals surface area contributed by atoms with E-state index in [-0.39, 0.29) is 11.4 Å². The van der Waals surface area contributed by atoms with Crippen molar-refractivity contribution >= 4 is 17.3 Å². The van der Waals surface area contributed by atoms with E-state index in [1.165, 1.54) is 35.7 Å². The highest BCUT2D eigenvalue weighted by molar-refractivity contribution is 6.05. The molecule has 1 amide bonds. The number of nitrogens with zero attached hydrogens (tertiary/aromatic N) is 4. The van der Waals surface area contributed by atoms with Crippen LogP contribution in [-0.4, -0.2) is 38.6 Å². The molecule has 1 aromatic heterocycles. The van der Waals surface area contributed by atoms with E-state index < -0.39 is 10.8 Å². The average molecular weight is 343 g/mol. The Kier molecular flexibility index (Phi) is 5.08. The molecule has 0 radical (unpaired) electrons. The van der Waals surface area contributed by atoms with Crippen molar-refractivity contribution in [2.45, 2.75) is 25.8 Å². The molecular weight excluding hydrogens is 322 g/mol. The molecule has 0 atom stereocenters. The summed E-state index contributed by atoms with van der Waals surface area (Å²) in [6.07, 6.45) is 5.02. The van der Waals surface area contributed by atoms with E-state index >= 15 is 0 Å². The Hall–Kier alpha value is -2.74. The molecule has 8 nitrogen and oxygen atoms in total. The molecule has 132 valence electrons. The number of nitrogens with one attached hydrogen (secondary N) is 1. The second-order valence-corrected chi connectivity index (χ2v) is 6.28. The zero-order chi connectivity index (χ0) is 17.8. The van der Waals surface area contributed by atoms with Crippen LogP contribution in [0.3, 0.4) is 0 Å². The van der Waals surface area contributed by atoms with Crippen LogP contribution in [0.1, 0.15) is 35.3 Å². The van der Waals surface area contributed by atoms with Crippen LogP contribution >= 0.6 is 0 Å². The highest BCUT2D eigenvalue weighted by Gasteiger charge is 2.24. The van der Waals surface area contributed by atoms with Crippen LogP contribution in [0.2, 0.25) is 0 Å². The van der Waals surface area contributed by atoms with E-state index in [1.807, 2.05) is 24.3 Å². The van der Waals surface area contributed by atoms with Crippen molar-refractivity contribution in [3.8, 4) is 0 Å². The monoisotopic (exact) mass is 343 g/mol. The van der Waals surface area contributed by atoms with Gasteiger partial charge in [-0.25, -0.2) is 0 Å². The number of carbonyl (C=O) groups excluding carboxylic acids is 1. The summed E-state index contributed by atoms with van der Waals surface area (Å²) in [5, 5.41) is 17.5. The molecule has 3 rings (SSSR count). The number of aromatic nitrogens is 2. The minimum absolute atomic E-state index is 0.190. The molecule has 1 aliphatic heterocycles. The lowest BCUT2D eigenvalue weighted by Gasteiger charge is -2.26. The van der Waals surface area contributed by atoms with Gasteiger partial charge in [0.15, 0.2) is 0 Å². The first-order valence-electron chi connectivity index (χ1n) is 8.33.